The molecule has 0 unspecified atom stereocenters. The predicted molar refractivity (Wildman–Crippen MR) is 270 cm³/mol. The molecule has 0 atom stereocenters. The van der Waals surface area contributed by atoms with E-state index in [0.717, 1.165) is 20.0 Å². The highest BCUT2D eigenvalue weighted by atomic mass is 15.5. The SMILES string of the molecule is CCCCCCCCCCCC[N+](C)(C)CCCN1CN(CCC[N+](C)(C)CCCCCCCCCCCC)CN(CCC[N+](C)(C)CCCCCCCCCCCC)C1. The van der Waals surface area contributed by atoms with Crippen LogP contribution in [-0.4, -0.2) is 149 Å². The summed E-state index contributed by atoms with van der Waals surface area (Å²) in [5, 5.41) is 0. The fourth-order valence-electron chi connectivity index (χ4n) is 9.99. The number of quaternary nitrogens is 3. The molecule has 0 aromatic heterocycles. The number of hydrogen-bond acceptors (Lipinski definition) is 3. The van der Waals surface area contributed by atoms with Crippen molar-refractivity contribution in [2.45, 2.75) is 233 Å². The standard InChI is InChI=1S/C54H117N6/c1-10-13-16-19-22-25-28-31-34-37-46-58(4,5)49-40-43-55-52-56(44-41-50-59(6,7)47-38-35-32-29-26-23-20-17-14-11-2)54-57(53-55)45-42-51-60(8,9)48-39-36-33-30-27-24-21-18-15-12-3/h10-54H2,1-9H3/q+3. The fraction of sp³-hybridized carbons (Fsp3) is 1.00. The highest BCUT2D eigenvalue weighted by Crippen LogP contribution is 2.17. The van der Waals surface area contributed by atoms with Gasteiger partial charge in [0.05, 0.1) is 102 Å². The van der Waals surface area contributed by atoms with Crippen LogP contribution in [0.4, 0.5) is 0 Å². The van der Waals surface area contributed by atoms with Crippen molar-refractivity contribution in [1.82, 2.24) is 14.7 Å². The van der Waals surface area contributed by atoms with Crippen LogP contribution >= 0.6 is 0 Å². The Morgan fingerprint density at radius 2 is 0.400 bits per heavy atom. The molecule has 0 N–H and O–H groups in total. The van der Waals surface area contributed by atoms with Crippen LogP contribution in [0.5, 0.6) is 0 Å². The molecule has 6 heteroatoms. The van der Waals surface area contributed by atoms with Gasteiger partial charge in [-0.2, -0.15) is 0 Å². The molecule has 60 heavy (non-hydrogen) atoms. The van der Waals surface area contributed by atoms with Crippen molar-refractivity contribution in [2.24, 2.45) is 0 Å². The third-order valence-corrected chi connectivity index (χ3v) is 14.3. The monoisotopic (exact) mass is 850 g/mol. The summed E-state index contributed by atoms with van der Waals surface area (Å²) in [6, 6.07) is 0. The second kappa shape index (κ2) is 38.1. The Kier molecular flexibility index (Phi) is 36.7. The molecule has 1 aliphatic rings. The van der Waals surface area contributed by atoms with Gasteiger partial charge in [-0.3, -0.25) is 14.7 Å². The Morgan fingerprint density at radius 1 is 0.233 bits per heavy atom. The van der Waals surface area contributed by atoms with Gasteiger partial charge in [-0.15, -0.1) is 0 Å². The zero-order valence-electron chi connectivity index (χ0n) is 43.5. The fourth-order valence-corrected chi connectivity index (χ4v) is 9.99. The summed E-state index contributed by atoms with van der Waals surface area (Å²) in [5.74, 6) is 0. The maximum absolute atomic E-state index is 2.80. The lowest BCUT2D eigenvalue weighted by atomic mass is 10.1. The largest absolute Gasteiger partial charge is 0.328 e. The third-order valence-electron chi connectivity index (χ3n) is 14.3. The Hall–Kier alpha value is -0.240. The van der Waals surface area contributed by atoms with Gasteiger partial charge in [-0.25, -0.2) is 0 Å². The molecule has 0 spiro atoms. The highest BCUT2D eigenvalue weighted by Gasteiger charge is 2.26. The average Bonchev–Trinajstić information content (AvgIpc) is 3.19. The molecular formula is C54H117N6+3. The minimum Gasteiger partial charge on any atom is -0.328 e. The van der Waals surface area contributed by atoms with E-state index < -0.39 is 0 Å². The lowest BCUT2D eigenvalue weighted by Gasteiger charge is -2.43. The highest BCUT2D eigenvalue weighted by molar-refractivity contribution is 4.70. The first-order chi connectivity index (χ1) is 28.9. The van der Waals surface area contributed by atoms with E-state index in [9.17, 15) is 0 Å². The van der Waals surface area contributed by atoms with E-state index >= 15 is 0 Å². The van der Waals surface area contributed by atoms with Gasteiger partial charge in [0.25, 0.3) is 0 Å². The molecule has 360 valence electrons. The van der Waals surface area contributed by atoms with E-state index in [0.29, 0.717) is 0 Å². The van der Waals surface area contributed by atoms with Crippen LogP contribution in [0.1, 0.15) is 233 Å². The second-order valence-electron chi connectivity index (χ2n) is 22.4. The first-order valence-corrected chi connectivity index (χ1v) is 27.5. The third kappa shape index (κ3) is 36.1. The zero-order chi connectivity index (χ0) is 44.1. The van der Waals surface area contributed by atoms with Crippen LogP contribution in [0.2, 0.25) is 0 Å². The number of unbranched alkanes of at least 4 members (excludes halogenated alkanes) is 27. The summed E-state index contributed by atoms with van der Waals surface area (Å²) in [6.07, 6.45) is 46.9. The second-order valence-corrected chi connectivity index (χ2v) is 22.4. The van der Waals surface area contributed by atoms with E-state index in [1.165, 1.54) is 284 Å². The molecule has 1 fully saturated rings. The van der Waals surface area contributed by atoms with Gasteiger partial charge < -0.3 is 13.4 Å². The normalized spacial score (nSPS) is 15.2. The Bertz CT molecular complexity index is 784. The Balaban J connectivity index is 2.51. The minimum atomic E-state index is 1.16. The molecule has 0 aromatic carbocycles. The van der Waals surface area contributed by atoms with Crippen LogP contribution in [0.3, 0.4) is 0 Å². The van der Waals surface area contributed by atoms with Gasteiger partial charge in [0.1, 0.15) is 0 Å². The summed E-state index contributed by atoms with van der Waals surface area (Å²) < 4.78 is 3.57. The van der Waals surface area contributed by atoms with Gasteiger partial charge in [0.2, 0.25) is 0 Å². The first kappa shape index (κ1) is 57.8. The minimum absolute atomic E-state index is 1.16. The molecule has 1 heterocycles. The molecule has 1 rings (SSSR count). The van der Waals surface area contributed by atoms with E-state index in [2.05, 4.69) is 77.8 Å². The van der Waals surface area contributed by atoms with E-state index in [1.807, 2.05) is 0 Å². The summed E-state index contributed by atoms with van der Waals surface area (Å²) in [6.45, 7) is 22.1. The van der Waals surface area contributed by atoms with Crippen LogP contribution < -0.4 is 0 Å². The van der Waals surface area contributed by atoms with Gasteiger partial charge in [0, 0.05) is 38.9 Å². The molecule has 0 aliphatic carbocycles. The molecule has 6 nitrogen and oxygen atoms in total. The van der Waals surface area contributed by atoms with Crippen LogP contribution in [0.15, 0.2) is 0 Å². The number of nitrogens with zero attached hydrogens (tertiary/aromatic N) is 6. The lowest BCUT2D eigenvalue weighted by molar-refractivity contribution is -0.890. The van der Waals surface area contributed by atoms with Crippen molar-refractivity contribution in [1.29, 1.82) is 0 Å². The molecule has 0 aromatic rings. The molecule has 0 bridgehead atoms. The van der Waals surface area contributed by atoms with Gasteiger partial charge >= 0.3 is 0 Å². The maximum atomic E-state index is 2.80. The summed E-state index contributed by atoms with van der Waals surface area (Å²) in [5.41, 5.74) is 0. The predicted octanol–water partition coefficient (Wildman–Crippen LogP) is 13.9. The first-order valence-electron chi connectivity index (χ1n) is 27.5. The topological polar surface area (TPSA) is 9.72 Å². The Labute approximate surface area is 380 Å². The van der Waals surface area contributed by atoms with Crippen molar-refractivity contribution < 1.29 is 13.4 Å². The smallest absolute Gasteiger partial charge is 0.0794 e. The number of hydrogen-bond donors (Lipinski definition) is 0. The molecule has 0 amide bonds. The molecular weight excluding hydrogens is 733 g/mol. The van der Waals surface area contributed by atoms with Crippen molar-refractivity contribution in [3.8, 4) is 0 Å². The lowest BCUT2D eigenvalue weighted by Crippen LogP contribution is -2.56. The van der Waals surface area contributed by atoms with Crippen molar-refractivity contribution in [3.63, 3.8) is 0 Å². The van der Waals surface area contributed by atoms with Crippen LogP contribution in [0, 0.1) is 0 Å². The van der Waals surface area contributed by atoms with Crippen molar-refractivity contribution >= 4 is 0 Å². The van der Waals surface area contributed by atoms with Crippen LogP contribution in [0.25, 0.3) is 0 Å². The summed E-state index contributed by atoms with van der Waals surface area (Å²) in [4.78, 5) is 8.41. The molecule has 1 saturated heterocycles. The van der Waals surface area contributed by atoms with Gasteiger partial charge in [-0.1, -0.05) is 175 Å². The summed E-state index contributed by atoms with van der Waals surface area (Å²) >= 11 is 0. The number of rotatable bonds is 45. The zero-order valence-corrected chi connectivity index (χ0v) is 43.5. The van der Waals surface area contributed by atoms with Gasteiger partial charge in [-0.05, 0) is 38.5 Å². The van der Waals surface area contributed by atoms with Gasteiger partial charge in [0.15, 0.2) is 0 Å². The van der Waals surface area contributed by atoms with Crippen LogP contribution in [-0.2, 0) is 0 Å². The van der Waals surface area contributed by atoms with E-state index in [-0.39, 0.29) is 0 Å². The summed E-state index contributed by atoms with van der Waals surface area (Å²) in [7, 11) is 15.0. The Morgan fingerprint density at radius 3 is 0.600 bits per heavy atom. The van der Waals surface area contributed by atoms with Crippen molar-refractivity contribution in [3.05, 3.63) is 0 Å². The van der Waals surface area contributed by atoms with E-state index in [1.54, 1.807) is 0 Å². The van der Waals surface area contributed by atoms with E-state index in [4.69, 9.17) is 0 Å². The molecule has 0 radical (unpaired) electrons. The molecule has 0 saturated carbocycles. The maximum Gasteiger partial charge on any atom is 0.0794 e. The average molecular weight is 851 g/mol. The van der Waals surface area contributed by atoms with Crippen molar-refractivity contribution in [2.75, 3.05) is 121 Å². The quantitative estimate of drug-likeness (QED) is 0.0446. The molecule has 1 aliphatic heterocycles.